The number of ether oxygens (including phenoxy) is 1. The van der Waals surface area contributed by atoms with Crippen molar-refractivity contribution in [1.29, 1.82) is 0 Å². The van der Waals surface area contributed by atoms with Crippen molar-refractivity contribution in [1.82, 2.24) is 5.32 Å². The van der Waals surface area contributed by atoms with E-state index in [1.807, 2.05) is 0 Å². The van der Waals surface area contributed by atoms with Crippen LogP contribution in [0.3, 0.4) is 0 Å². The lowest BCUT2D eigenvalue weighted by molar-refractivity contribution is 0.268. The zero-order valence-corrected chi connectivity index (χ0v) is 13.6. The second kappa shape index (κ2) is 6.62. The van der Waals surface area contributed by atoms with E-state index in [0.29, 0.717) is 6.04 Å². The van der Waals surface area contributed by atoms with Crippen molar-refractivity contribution < 1.29 is 4.74 Å². The van der Waals surface area contributed by atoms with Gasteiger partial charge in [-0.25, -0.2) is 0 Å². The zero-order chi connectivity index (χ0) is 14.7. The van der Waals surface area contributed by atoms with Crippen LogP contribution in [0.1, 0.15) is 51.8 Å². The van der Waals surface area contributed by atoms with Gasteiger partial charge in [-0.3, -0.25) is 0 Å². The molecule has 0 saturated heterocycles. The van der Waals surface area contributed by atoms with Crippen LogP contribution in [0, 0.1) is 17.8 Å². The minimum absolute atomic E-state index is 0.404. The molecule has 0 aromatic heterocycles. The lowest BCUT2D eigenvalue weighted by Gasteiger charge is -2.27. The van der Waals surface area contributed by atoms with Crippen LogP contribution in [0.5, 0.6) is 5.75 Å². The smallest absolute Gasteiger partial charge is 0.122 e. The molecule has 0 saturated carbocycles. The molecule has 2 nitrogen and oxygen atoms in total. The first-order valence-corrected chi connectivity index (χ1v) is 7.98. The number of hydrogen-bond acceptors (Lipinski definition) is 2. The molecule has 1 heterocycles. The minimum Gasteiger partial charge on any atom is -0.493 e. The fourth-order valence-corrected chi connectivity index (χ4v) is 3.15. The summed E-state index contributed by atoms with van der Waals surface area (Å²) in [5.74, 6) is 3.25. The molecule has 1 aliphatic heterocycles. The lowest BCUT2D eigenvalue weighted by Crippen LogP contribution is -2.31. The normalized spacial score (nSPS) is 15.8. The summed E-state index contributed by atoms with van der Waals surface area (Å²) in [4.78, 5) is 0. The Morgan fingerprint density at radius 3 is 2.45 bits per heavy atom. The molecule has 1 atom stereocenters. The van der Waals surface area contributed by atoms with Crippen LogP contribution in [0.2, 0.25) is 0 Å². The third-order valence-corrected chi connectivity index (χ3v) is 4.59. The largest absolute Gasteiger partial charge is 0.493 e. The standard InChI is InChI=1S/C18H29NO/c1-12(2)17(13(3)4)11-19-14(5)15-6-7-18-16(10-15)8-9-20-18/h6-7,10,12-14,17,19H,8-9,11H2,1-5H3. The Balaban J connectivity index is 1.96. The first-order valence-electron chi connectivity index (χ1n) is 7.98. The van der Waals surface area contributed by atoms with Crippen molar-refractivity contribution in [2.24, 2.45) is 17.8 Å². The second-order valence-electron chi connectivity index (χ2n) is 6.75. The highest BCUT2D eigenvalue weighted by Crippen LogP contribution is 2.28. The molecular weight excluding hydrogens is 246 g/mol. The van der Waals surface area contributed by atoms with E-state index >= 15 is 0 Å². The molecule has 2 rings (SSSR count). The van der Waals surface area contributed by atoms with E-state index in [4.69, 9.17) is 4.74 Å². The summed E-state index contributed by atoms with van der Waals surface area (Å²) in [6.45, 7) is 13.5. The molecule has 20 heavy (non-hydrogen) atoms. The first-order chi connectivity index (χ1) is 9.49. The summed E-state index contributed by atoms with van der Waals surface area (Å²) in [7, 11) is 0. The Kier molecular flexibility index (Phi) is 5.09. The van der Waals surface area contributed by atoms with Gasteiger partial charge in [-0.1, -0.05) is 39.8 Å². The van der Waals surface area contributed by atoms with Gasteiger partial charge in [-0.2, -0.15) is 0 Å². The molecule has 0 bridgehead atoms. The van der Waals surface area contributed by atoms with Crippen molar-refractivity contribution in [2.45, 2.75) is 47.1 Å². The fraction of sp³-hybridized carbons (Fsp3) is 0.667. The summed E-state index contributed by atoms with van der Waals surface area (Å²) < 4.78 is 5.57. The van der Waals surface area contributed by atoms with Gasteiger partial charge in [0.05, 0.1) is 6.61 Å². The van der Waals surface area contributed by atoms with Crippen molar-refractivity contribution >= 4 is 0 Å². The molecule has 0 radical (unpaired) electrons. The van der Waals surface area contributed by atoms with Crippen molar-refractivity contribution in [3.63, 3.8) is 0 Å². The molecule has 1 aromatic carbocycles. The van der Waals surface area contributed by atoms with Gasteiger partial charge in [-0.05, 0) is 48.4 Å². The quantitative estimate of drug-likeness (QED) is 0.840. The number of rotatable bonds is 6. The highest BCUT2D eigenvalue weighted by molar-refractivity contribution is 5.40. The van der Waals surface area contributed by atoms with Gasteiger partial charge in [0.25, 0.3) is 0 Å². The molecule has 0 spiro atoms. The Labute approximate surface area is 123 Å². The van der Waals surface area contributed by atoms with Gasteiger partial charge in [-0.15, -0.1) is 0 Å². The van der Waals surface area contributed by atoms with Crippen LogP contribution in [0.15, 0.2) is 18.2 Å². The number of benzene rings is 1. The molecule has 112 valence electrons. The number of nitrogens with one attached hydrogen (secondary N) is 1. The highest BCUT2D eigenvalue weighted by atomic mass is 16.5. The van der Waals surface area contributed by atoms with Gasteiger partial charge < -0.3 is 10.1 Å². The van der Waals surface area contributed by atoms with Crippen LogP contribution in [-0.2, 0) is 6.42 Å². The van der Waals surface area contributed by atoms with Gasteiger partial charge in [0.15, 0.2) is 0 Å². The number of hydrogen-bond donors (Lipinski definition) is 1. The summed E-state index contributed by atoms with van der Waals surface area (Å²) in [5, 5.41) is 3.71. The summed E-state index contributed by atoms with van der Waals surface area (Å²) in [6.07, 6.45) is 1.05. The zero-order valence-electron chi connectivity index (χ0n) is 13.6. The van der Waals surface area contributed by atoms with Crippen molar-refractivity contribution in [2.75, 3.05) is 13.2 Å². The van der Waals surface area contributed by atoms with Gasteiger partial charge in [0, 0.05) is 12.5 Å². The van der Waals surface area contributed by atoms with Crippen LogP contribution in [0.25, 0.3) is 0 Å². The van der Waals surface area contributed by atoms with E-state index in [2.05, 4.69) is 58.1 Å². The third-order valence-electron chi connectivity index (χ3n) is 4.59. The maximum absolute atomic E-state index is 5.57. The van der Waals surface area contributed by atoms with Crippen molar-refractivity contribution in [3.05, 3.63) is 29.3 Å². The van der Waals surface area contributed by atoms with Crippen LogP contribution in [0.4, 0.5) is 0 Å². The monoisotopic (exact) mass is 275 g/mol. The Morgan fingerprint density at radius 1 is 1.10 bits per heavy atom. The number of fused-ring (bicyclic) bond motifs is 1. The van der Waals surface area contributed by atoms with E-state index in [1.54, 1.807) is 0 Å². The highest BCUT2D eigenvalue weighted by Gasteiger charge is 2.19. The average molecular weight is 275 g/mol. The molecule has 1 aliphatic rings. The summed E-state index contributed by atoms with van der Waals surface area (Å²) in [6, 6.07) is 7.03. The molecular formula is C18H29NO. The first kappa shape index (κ1) is 15.4. The summed E-state index contributed by atoms with van der Waals surface area (Å²) >= 11 is 0. The Bertz CT molecular complexity index is 431. The Morgan fingerprint density at radius 2 is 1.80 bits per heavy atom. The van der Waals surface area contributed by atoms with E-state index in [0.717, 1.165) is 43.1 Å². The van der Waals surface area contributed by atoms with Crippen molar-refractivity contribution in [3.8, 4) is 5.75 Å². The summed E-state index contributed by atoms with van der Waals surface area (Å²) in [5.41, 5.74) is 2.74. The van der Waals surface area contributed by atoms with E-state index in [-0.39, 0.29) is 0 Å². The maximum Gasteiger partial charge on any atom is 0.122 e. The molecule has 0 aliphatic carbocycles. The predicted octanol–water partition coefficient (Wildman–Crippen LogP) is 4.20. The van der Waals surface area contributed by atoms with E-state index in [1.165, 1.54) is 11.1 Å². The van der Waals surface area contributed by atoms with Crippen LogP contribution >= 0.6 is 0 Å². The topological polar surface area (TPSA) is 21.3 Å². The second-order valence-corrected chi connectivity index (χ2v) is 6.75. The van der Waals surface area contributed by atoms with Gasteiger partial charge in [0.2, 0.25) is 0 Å². The molecule has 1 unspecified atom stereocenters. The lowest BCUT2D eigenvalue weighted by atomic mass is 9.85. The molecule has 2 heteroatoms. The molecule has 0 amide bonds. The minimum atomic E-state index is 0.404. The Hall–Kier alpha value is -1.02. The van der Waals surface area contributed by atoms with E-state index < -0.39 is 0 Å². The third kappa shape index (κ3) is 3.54. The molecule has 0 fully saturated rings. The average Bonchev–Trinajstić information content (AvgIpc) is 2.84. The van der Waals surface area contributed by atoms with Crippen LogP contribution in [-0.4, -0.2) is 13.2 Å². The molecule has 1 aromatic rings. The molecule has 1 N–H and O–H groups in total. The SMILES string of the molecule is CC(NCC(C(C)C)C(C)C)c1ccc2c(c1)CCO2. The van der Waals surface area contributed by atoms with Gasteiger partial charge >= 0.3 is 0 Å². The van der Waals surface area contributed by atoms with Crippen LogP contribution < -0.4 is 10.1 Å². The van der Waals surface area contributed by atoms with Gasteiger partial charge in [0.1, 0.15) is 5.75 Å². The maximum atomic E-state index is 5.57. The van der Waals surface area contributed by atoms with E-state index in [9.17, 15) is 0 Å². The predicted molar refractivity (Wildman–Crippen MR) is 85.2 cm³/mol. The fourth-order valence-electron chi connectivity index (χ4n) is 3.15.